The summed E-state index contributed by atoms with van der Waals surface area (Å²) in [4.78, 5) is 15.2. The Labute approximate surface area is 176 Å². The molecule has 0 aliphatic carbocycles. The molecule has 0 atom stereocenters. The monoisotopic (exact) mass is 415 g/mol. The molecule has 1 spiro atoms. The van der Waals surface area contributed by atoms with Gasteiger partial charge >= 0.3 is 0 Å². The lowest BCUT2D eigenvalue weighted by Crippen LogP contribution is -2.47. The van der Waals surface area contributed by atoms with Crippen molar-refractivity contribution in [3.63, 3.8) is 0 Å². The fraction of sp³-hybridized carbons (Fsp3) is 0.435. The van der Waals surface area contributed by atoms with E-state index in [2.05, 4.69) is 13.8 Å². The van der Waals surface area contributed by atoms with Crippen molar-refractivity contribution in [2.24, 2.45) is 5.92 Å². The number of anilines is 1. The highest BCUT2D eigenvalue weighted by molar-refractivity contribution is 6.31. The van der Waals surface area contributed by atoms with Crippen LogP contribution in [0.2, 0.25) is 5.02 Å². The lowest BCUT2D eigenvalue weighted by Gasteiger charge is -2.32. The molecule has 1 amide bonds. The van der Waals surface area contributed by atoms with Crippen LogP contribution in [0.5, 0.6) is 5.75 Å². The number of halogens is 1. The van der Waals surface area contributed by atoms with Crippen LogP contribution >= 0.6 is 11.6 Å². The van der Waals surface area contributed by atoms with Crippen molar-refractivity contribution < 1.29 is 19.0 Å². The molecule has 5 nitrogen and oxygen atoms in total. The highest BCUT2D eigenvalue weighted by atomic mass is 35.5. The number of hydrogen-bond donors (Lipinski definition) is 0. The molecule has 2 aliphatic rings. The van der Waals surface area contributed by atoms with E-state index < -0.39 is 5.79 Å². The van der Waals surface area contributed by atoms with Crippen molar-refractivity contribution in [2.45, 2.75) is 39.0 Å². The summed E-state index contributed by atoms with van der Waals surface area (Å²) < 4.78 is 17.8. The van der Waals surface area contributed by atoms with E-state index >= 15 is 0 Å². The van der Waals surface area contributed by atoms with Gasteiger partial charge in [0.25, 0.3) is 11.7 Å². The molecule has 6 heteroatoms. The second-order valence-corrected chi connectivity index (χ2v) is 8.29. The van der Waals surface area contributed by atoms with Crippen LogP contribution in [0.25, 0.3) is 0 Å². The second-order valence-electron chi connectivity index (χ2n) is 7.86. The number of rotatable bonds is 6. The van der Waals surface area contributed by atoms with Crippen LogP contribution in [0.4, 0.5) is 5.69 Å². The van der Waals surface area contributed by atoms with Crippen molar-refractivity contribution in [3.05, 3.63) is 58.6 Å². The molecule has 2 aromatic carbocycles. The first-order chi connectivity index (χ1) is 14.0. The predicted octanol–water partition coefficient (Wildman–Crippen LogP) is 4.90. The standard InChI is InChI=1S/C23H26ClNO4/c1-16(2)10-13-27-21-7-4-3-6-17(21)15-25-20-9-8-18(24)14-19(20)23(22(25)26)28-11-5-12-29-23/h3-4,6-9,14,16H,5,10-13,15H2,1-2H3. The van der Waals surface area contributed by atoms with Gasteiger partial charge in [0.15, 0.2) is 0 Å². The van der Waals surface area contributed by atoms with Gasteiger partial charge in [0.05, 0.1) is 32.1 Å². The normalized spacial score (nSPS) is 17.8. The maximum atomic E-state index is 13.5. The van der Waals surface area contributed by atoms with Crippen LogP contribution in [0.3, 0.4) is 0 Å². The maximum Gasteiger partial charge on any atom is 0.292 e. The topological polar surface area (TPSA) is 48.0 Å². The van der Waals surface area contributed by atoms with E-state index in [1.807, 2.05) is 30.3 Å². The summed E-state index contributed by atoms with van der Waals surface area (Å²) in [5.74, 6) is -0.250. The number of nitrogens with zero attached hydrogens (tertiary/aromatic N) is 1. The van der Waals surface area contributed by atoms with Gasteiger partial charge in [-0.3, -0.25) is 4.79 Å². The van der Waals surface area contributed by atoms with Crippen LogP contribution < -0.4 is 9.64 Å². The van der Waals surface area contributed by atoms with Gasteiger partial charge in [0, 0.05) is 16.1 Å². The van der Waals surface area contributed by atoms with Crippen molar-refractivity contribution in [2.75, 3.05) is 24.7 Å². The fourth-order valence-electron chi connectivity index (χ4n) is 3.73. The molecule has 2 heterocycles. The minimum absolute atomic E-state index is 0.216. The lowest BCUT2D eigenvalue weighted by atomic mass is 10.1. The number of fused-ring (bicyclic) bond motifs is 2. The summed E-state index contributed by atoms with van der Waals surface area (Å²) in [7, 11) is 0. The van der Waals surface area contributed by atoms with Crippen LogP contribution in [0.15, 0.2) is 42.5 Å². The van der Waals surface area contributed by atoms with Crippen LogP contribution in [-0.2, 0) is 26.6 Å². The summed E-state index contributed by atoms with van der Waals surface area (Å²) in [6.07, 6.45) is 1.74. The highest BCUT2D eigenvalue weighted by Crippen LogP contribution is 2.47. The van der Waals surface area contributed by atoms with Crippen LogP contribution in [0, 0.1) is 5.92 Å². The van der Waals surface area contributed by atoms with Gasteiger partial charge in [-0.15, -0.1) is 0 Å². The number of para-hydroxylation sites is 1. The molecule has 29 heavy (non-hydrogen) atoms. The zero-order chi connectivity index (χ0) is 20.4. The molecular formula is C23H26ClNO4. The van der Waals surface area contributed by atoms with E-state index in [-0.39, 0.29) is 5.91 Å². The molecule has 154 valence electrons. The van der Waals surface area contributed by atoms with Crippen molar-refractivity contribution in [1.29, 1.82) is 0 Å². The molecule has 1 saturated heterocycles. The third-order valence-corrected chi connectivity index (χ3v) is 5.52. The Morgan fingerprint density at radius 3 is 2.69 bits per heavy atom. The van der Waals surface area contributed by atoms with Gasteiger partial charge in [-0.2, -0.15) is 0 Å². The first-order valence-electron chi connectivity index (χ1n) is 10.1. The van der Waals surface area contributed by atoms with Gasteiger partial charge in [0.1, 0.15) is 5.75 Å². The number of benzene rings is 2. The van der Waals surface area contributed by atoms with E-state index in [1.165, 1.54) is 0 Å². The molecule has 4 rings (SSSR count). The molecule has 0 aromatic heterocycles. The molecule has 2 aliphatic heterocycles. The average Bonchev–Trinajstić information content (AvgIpc) is 2.92. The number of carbonyl (C=O) groups is 1. The SMILES string of the molecule is CC(C)CCOc1ccccc1CN1C(=O)C2(OCCCO2)c2cc(Cl)ccc21. The Hall–Kier alpha value is -2.08. The number of amides is 1. The molecule has 0 N–H and O–H groups in total. The van der Waals surface area contributed by atoms with E-state index in [1.54, 1.807) is 17.0 Å². The van der Waals surface area contributed by atoms with Gasteiger partial charge < -0.3 is 19.1 Å². The molecule has 0 bridgehead atoms. The van der Waals surface area contributed by atoms with Crippen molar-refractivity contribution in [3.8, 4) is 5.75 Å². The van der Waals surface area contributed by atoms with Crippen molar-refractivity contribution >= 4 is 23.2 Å². The Morgan fingerprint density at radius 1 is 1.17 bits per heavy atom. The van der Waals surface area contributed by atoms with Crippen LogP contribution in [-0.4, -0.2) is 25.7 Å². The summed E-state index contributed by atoms with van der Waals surface area (Å²) >= 11 is 6.23. The first-order valence-corrected chi connectivity index (χ1v) is 10.5. The number of hydrogen-bond acceptors (Lipinski definition) is 4. The van der Waals surface area contributed by atoms with Crippen molar-refractivity contribution in [1.82, 2.24) is 0 Å². The molecular weight excluding hydrogens is 390 g/mol. The fourth-order valence-corrected chi connectivity index (χ4v) is 3.90. The minimum Gasteiger partial charge on any atom is -0.493 e. The summed E-state index contributed by atoms with van der Waals surface area (Å²) in [6.45, 7) is 6.30. The Bertz CT molecular complexity index is 892. The van der Waals surface area contributed by atoms with Gasteiger partial charge in [-0.05, 0) is 43.0 Å². The predicted molar refractivity (Wildman–Crippen MR) is 112 cm³/mol. The molecule has 0 radical (unpaired) electrons. The second kappa shape index (κ2) is 8.34. The van der Waals surface area contributed by atoms with Gasteiger partial charge in [0.2, 0.25) is 0 Å². The summed E-state index contributed by atoms with van der Waals surface area (Å²) in [5, 5.41) is 0.549. The van der Waals surface area contributed by atoms with Gasteiger partial charge in [-0.25, -0.2) is 0 Å². The summed E-state index contributed by atoms with van der Waals surface area (Å²) in [5.41, 5.74) is 2.38. The largest absolute Gasteiger partial charge is 0.493 e. The lowest BCUT2D eigenvalue weighted by molar-refractivity contribution is -0.256. The smallest absolute Gasteiger partial charge is 0.292 e. The number of carbonyl (C=O) groups excluding carboxylic acids is 1. The Balaban J connectivity index is 1.64. The molecule has 1 fully saturated rings. The summed E-state index contributed by atoms with van der Waals surface area (Å²) in [6, 6.07) is 13.2. The zero-order valence-electron chi connectivity index (χ0n) is 16.8. The quantitative estimate of drug-likeness (QED) is 0.673. The first kappa shape index (κ1) is 20.2. The van der Waals surface area contributed by atoms with E-state index in [0.29, 0.717) is 42.9 Å². The zero-order valence-corrected chi connectivity index (χ0v) is 17.6. The van der Waals surface area contributed by atoms with Gasteiger partial charge in [-0.1, -0.05) is 43.6 Å². The average molecular weight is 416 g/mol. The third kappa shape index (κ3) is 3.87. The van der Waals surface area contributed by atoms with Crippen LogP contribution in [0.1, 0.15) is 37.8 Å². The number of ether oxygens (including phenoxy) is 3. The maximum absolute atomic E-state index is 13.5. The molecule has 0 saturated carbocycles. The molecule has 2 aromatic rings. The molecule has 0 unspecified atom stereocenters. The van der Waals surface area contributed by atoms with E-state index in [9.17, 15) is 4.79 Å². The Kier molecular flexibility index (Phi) is 5.81. The van der Waals surface area contributed by atoms with E-state index in [4.69, 9.17) is 25.8 Å². The third-order valence-electron chi connectivity index (χ3n) is 5.28. The van der Waals surface area contributed by atoms with E-state index in [0.717, 1.165) is 29.8 Å². The highest BCUT2D eigenvalue weighted by Gasteiger charge is 2.55. The Morgan fingerprint density at radius 2 is 1.93 bits per heavy atom. The minimum atomic E-state index is -1.40.